The van der Waals surface area contributed by atoms with Crippen molar-refractivity contribution in [1.82, 2.24) is 20.2 Å². The van der Waals surface area contributed by atoms with Crippen LogP contribution in [0.1, 0.15) is 86.5 Å². The van der Waals surface area contributed by atoms with E-state index in [9.17, 15) is 14.0 Å². The van der Waals surface area contributed by atoms with Crippen molar-refractivity contribution in [2.24, 2.45) is 0 Å². The second kappa shape index (κ2) is 15.8. The van der Waals surface area contributed by atoms with Gasteiger partial charge in [-0.1, -0.05) is 17.7 Å². The minimum Gasteiger partial charge on any atom is -0.491 e. The number of carbonyl (C=O) groups excluding carboxylic acids is 2. The molecule has 0 bridgehead atoms. The summed E-state index contributed by atoms with van der Waals surface area (Å²) in [5.41, 5.74) is -3.30. The van der Waals surface area contributed by atoms with Gasteiger partial charge in [-0.05, 0) is 98.2 Å². The maximum Gasteiger partial charge on any atom is 0.411 e. The molecule has 5 heterocycles. The highest BCUT2D eigenvalue weighted by molar-refractivity contribution is 7.24. The minimum absolute atomic E-state index is 0.0115. The van der Waals surface area contributed by atoms with Gasteiger partial charge in [-0.3, -0.25) is 10.2 Å². The Hall–Kier alpha value is -4.79. The van der Waals surface area contributed by atoms with Gasteiger partial charge in [0.2, 0.25) is 5.69 Å². The SMILES string of the molecule is [C-]#[N+]c1c(NC(=O)OC(C)(C)C)sc2c(F)ccc(-c3c(Cl)c4c5c(nc(OC[C@@]67CCCN6C[C@H](F)C7)nc5c3F)N(CC3(NC(=O)OC(C)(C)C)CCC3)CCCO4)c12. The van der Waals surface area contributed by atoms with Crippen LogP contribution in [0.2, 0.25) is 5.02 Å². The molecule has 2 saturated heterocycles. The molecule has 8 rings (SSSR count). The van der Waals surface area contributed by atoms with Crippen LogP contribution < -0.4 is 25.0 Å². The lowest BCUT2D eigenvalue weighted by Gasteiger charge is -2.46. The van der Waals surface area contributed by atoms with E-state index in [1.54, 1.807) is 41.5 Å². The fourth-order valence-corrected chi connectivity index (χ4v) is 10.4. The molecule has 2 atom stereocenters. The molecule has 326 valence electrons. The van der Waals surface area contributed by atoms with Gasteiger partial charge < -0.3 is 29.2 Å². The highest BCUT2D eigenvalue weighted by Crippen LogP contribution is 2.53. The second-order valence-corrected chi connectivity index (χ2v) is 19.8. The number of hydrogen-bond acceptors (Lipinski definition) is 11. The van der Waals surface area contributed by atoms with E-state index in [-0.39, 0.29) is 85.2 Å². The molecule has 4 aromatic rings. The van der Waals surface area contributed by atoms with Crippen LogP contribution in [0.4, 0.5) is 39.3 Å². The smallest absolute Gasteiger partial charge is 0.411 e. The van der Waals surface area contributed by atoms with Crippen molar-refractivity contribution in [3.05, 3.63) is 40.2 Å². The number of thiophene rings is 1. The average molecular weight is 884 g/mol. The molecule has 1 saturated carbocycles. The fourth-order valence-electron chi connectivity index (χ4n) is 9.00. The van der Waals surface area contributed by atoms with Gasteiger partial charge in [0.15, 0.2) is 11.6 Å². The Morgan fingerprint density at radius 3 is 2.46 bits per heavy atom. The number of anilines is 2. The van der Waals surface area contributed by atoms with Crippen LogP contribution in [0.15, 0.2) is 12.1 Å². The fraction of sp³-hybridized carbons (Fsp3) is 0.558. The Morgan fingerprint density at radius 2 is 1.77 bits per heavy atom. The number of fused-ring (bicyclic) bond motifs is 2. The summed E-state index contributed by atoms with van der Waals surface area (Å²) in [5, 5.41) is 5.71. The monoisotopic (exact) mass is 883 g/mol. The van der Waals surface area contributed by atoms with Gasteiger partial charge in [0.25, 0.3) is 0 Å². The molecule has 0 radical (unpaired) electrons. The van der Waals surface area contributed by atoms with Crippen LogP contribution in [0.3, 0.4) is 0 Å². The highest BCUT2D eigenvalue weighted by Gasteiger charge is 2.50. The molecule has 1 aliphatic carbocycles. The van der Waals surface area contributed by atoms with Crippen LogP contribution in [0.25, 0.3) is 37.0 Å². The Labute approximate surface area is 361 Å². The van der Waals surface area contributed by atoms with Crippen LogP contribution in [0, 0.1) is 18.2 Å². The number of aromatic nitrogens is 2. The number of nitrogens with zero attached hydrogens (tertiary/aromatic N) is 5. The first-order chi connectivity index (χ1) is 28.8. The van der Waals surface area contributed by atoms with Gasteiger partial charge in [-0.2, -0.15) is 9.97 Å². The molecule has 2 N–H and O–H groups in total. The zero-order valence-electron chi connectivity index (χ0n) is 35.0. The average Bonchev–Trinajstić information content (AvgIpc) is 3.80. The molecule has 2 aromatic carbocycles. The van der Waals surface area contributed by atoms with Crippen molar-refractivity contribution in [2.75, 3.05) is 49.6 Å². The molecule has 4 aliphatic rings. The van der Waals surface area contributed by atoms with Crippen LogP contribution in [-0.4, -0.2) is 94.9 Å². The van der Waals surface area contributed by atoms with E-state index >= 15 is 8.78 Å². The number of alkyl carbamates (subject to hydrolysis) is 1. The van der Waals surface area contributed by atoms with E-state index in [0.717, 1.165) is 43.2 Å². The maximum atomic E-state index is 17.8. The Balaban J connectivity index is 1.29. The number of ether oxygens (including phenoxy) is 4. The van der Waals surface area contributed by atoms with Crippen molar-refractivity contribution in [3.8, 4) is 22.9 Å². The van der Waals surface area contributed by atoms with E-state index in [4.69, 9.17) is 42.1 Å². The van der Waals surface area contributed by atoms with Crippen molar-refractivity contribution < 1.29 is 41.7 Å². The number of carbonyl (C=O) groups is 2. The summed E-state index contributed by atoms with van der Waals surface area (Å²) in [7, 11) is 0. The molecule has 3 fully saturated rings. The lowest BCUT2D eigenvalue weighted by Crippen LogP contribution is -2.61. The zero-order valence-corrected chi connectivity index (χ0v) is 36.6. The van der Waals surface area contributed by atoms with Crippen LogP contribution in [-0.2, 0) is 9.47 Å². The summed E-state index contributed by atoms with van der Waals surface area (Å²) < 4.78 is 72.0. The maximum absolute atomic E-state index is 17.8. The molecule has 0 spiro atoms. The van der Waals surface area contributed by atoms with Gasteiger partial charge >= 0.3 is 18.2 Å². The number of nitrogens with one attached hydrogen (secondary N) is 2. The largest absolute Gasteiger partial charge is 0.491 e. The Bertz CT molecular complexity index is 2460. The molecule has 2 aromatic heterocycles. The van der Waals surface area contributed by atoms with Gasteiger partial charge in [-0.15, -0.1) is 11.3 Å². The van der Waals surface area contributed by atoms with Gasteiger partial charge in [0, 0.05) is 37.0 Å². The summed E-state index contributed by atoms with van der Waals surface area (Å²) in [6.45, 7) is 20.5. The highest BCUT2D eigenvalue weighted by atomic mass is 35.5. The van der Waals surface area contributed by atoms with E-state index in [0.29, 0.717) is 38.8 Å². The first-order valence-corrected chi connectivity index (χ1v) is 21.8. The number of alkyl halides is 1. The van der Waals surface area contributed by atoms with Crippen molar-refractivity contribution in [2.45, 2.75) is 115 Å². The topological polar surface area (TPSA) is 132 Å². The molecule has 61 heavy (non-hydrogen) atoms. The lowest BCUT2D eigenvalue weighted by atomic mass is 9.76. The molecule has 3 aliphatic heterocycles. The number of rotatable bonds is 8. The summed E-state index contributed by atoms with van der Waals surface area (Å²) in [6, 6.07) is 2.33. The van der Waals surface area contributed by atoms with Crippen LogP contribution >= 0.6 is 22.9 Å². The summed E-state index contributed by atoms with van der Waals surface area (Å²) in [6.07, 6.45) is 2.16. The third-order valence-corrected chi connectivity index (χ3v) is 13.1. The number of hydrogen-bond donors (Lipinski definition) is 2. The third-order valence-electron chi connectivity index (χ3n) is 11.6. The van der Waals surface area contributed by atoms with Gasteiger partial charge in [0.05, 0.1) is 39.4 Å². The van der Waals surface area contributed by atoms with Crippen LogP contribution in [0.5, 0.6) is 11.8 Å². The quantitative estimate of drug-likeness (QED) is 0.165. The molecule has 0 unspecified atom stereocenters. The van der Waals surface area contributed by atoms with E-state index in [1.807, 2.05) is 4.90 Å². The molecule has 2 amide bonds. The predicted octanol–water partition coefficient (Wildman–Crippen LogP) is 10.3. The zero-order chi connectivity index (χ0) is 43.6. The standard InChI is InChI=1S/C43H49ClF3N7O6S/c1-40(2,3)59-38(55)51-36-32(48-7)27-24(11-12-25(46)34(27)61-36)26-29(44)33-28-31(30(26)47)49-37(58-22-43-15-9-17-54(43)20-23(45)19-43)50-35(28)53(16-10-18-57-33)21-42(13-8-14-42)52-39(56)60-41(4,5)6/h11-12,23H,8-10,13-22H2,1-6H3,(H,51,55)(H,52,56)/t23-,43+/m1/s1. The Kier molecular flexibility index (Phi) is 11.1. The van der Waals surface area contributed by atoms with Gasteiger partial charge in [-0.25, -0.2) is 27.6 Å². The van der Waals surface area contributed by atoms with Crippen molar-refractivity contribution >= 4 is 72.6 Å². The number of halogens is 4. The minimum atomic E-state index is -1.01. The Morgan fingerprint density at radius 1 is 1.03 bits per heavy atom. The molecule has 13 nitrogen and oxygen atoms in total. The van der Waals surface area contributed by atoms with E-state index in [2.05, 4.69) is 25.4 Å². The predicted molar refractivity (Wildman–Crippen MR) is 228 cm³/mol. The molecular formula is C43H49ClF3N7O6S. The van der Waals surface area contributed by atoms with Crippen molar-refractivity contribution in [3.63, 3.8) is 0 Å². The summed E-state index contributed by atoms with van der Waals surface area (Å²) >= 11 is 8.04. The van der Waals surface area contributed by atoms with Crippen molar-refractivity contribution in [1.29, 1.82) is 0 Å². The number of amides is 2. The summed E-state index contributed by atoms with van der Waals surface area (Å²) in [4.78, 5) is 43.3. The van der Waals surface area contributed by atoms with E-state index < -0.39 is 52.3 Å². The second-order valence-electron chi connectivity index (χ2n) is 18.5. The molecule has 18 heteroatoms. The first-order valence-electron chi connectivity index (χ1n) is 20.6. The lowest BCUT2D eigenvalue weighted by molar-refractivity contribution is 0.0390. The molecular weight excluding hydrogens is 835 g/mol. The number of benzene rings is 2. The van der Waals surface area contributed by atoms with Gasteiger partial charge in [0.1, 0.15) is 46.1 Å². The third kappa shape index (κ3) is 8.30. The summed E-state index contributed by atoms with van der Waals surface area (Å²) in [5.74, 6) is -1.27. The first kappa shape index (κ1) is 42.9. The van der Waals surface area contributed by atoms with E-state index in [1.165, 1.54) is 6.07 Å². The normalized spacial score (nSPS) is 21.2.